The van der Waals surface area contributed by atoms with E-state index in [-0.39, 0.29) is 24.1 Å². The Kier molecular flexibility index (Phi) is 9.15. The Balaban J connectivity index is 1.54. The number of carbonyl (C=O) groups excluding carboxylic acids is 1. The monoisotopic (exact) mass is 565 g/mol. The van der Waals surface area contributed by atoms with Gasteiger partial charge in [0.2, 0.25) is 5.91 Å². The summed E-state index contributed by atoms with van der Waals surface area (Å²) < 4.78 is 86.0. The third-order valence-electron chi connectivity index (χ3n) is 6.84. The molecule has 214 valence electrons. The minimum Gasteiger partial charge on any atom is -0.372 e. The number of benzene rings is 2. The van der Waals surface area contributed by atoms with Crippen molar-refractivity contribution in [2.75, 3.05) is 20.1 Å². The molecule has 0 bridgehead atoms. The first-order valence-corrected chi connectivity index (χ1v) is 12.7. The van der Waals surface area contributed by atoms with E-state index in [0.29, 0.717) is 38.1 Å². The van der Waals surface area contributed by atoms with Crippen molar-refractivity contribution in [1.29, 1.82) is 0 Å². The van der Waals surface area contributed by atoms with Crippen LogP contribution in [-0.2, 0) is 35.0 Å². The summed E-state index contributed by atoms with van der Waals surface area (Å²) in [5.74, 6) is -0.141. The van der Waals surface area contributed by atoms with Gasteiger partial charge in [-0.3, -0.25) is 14.7 Å². The van der Waals surface area contributed by atoms with Gasteiger partial charge in [-0.15, -0.1) is 0 Å². The Bertz CT molecular complexity index is 1240. The molecule has 3 aromatic rings. The normalized spacial score (nSPS) is 18.5. The molecule has 1 fully saturated rings. The van der Waals surface area contributed by atoms with Crippen molar-refractivity contribution >= 4 is 5.91 Å². The Labute approximate surface area is 228 Å². The molecule has 0 saturated carbocycles. The van der Waals surface area contributed by atoms with Crippen LogP contribution < -0.4 is 0 Å². The molecule has 11 heteroatoms. The number of hydrogen-bond acceptors (Lipinski definition) is 4. The Morgan fingerprint density at radius 1 is 0.975 bits per heavy atom. The molecule has 5 nitrogen and oxygen atoms in total. The summed E-state index contributed by atoms with van der Waals surface area (Å²) in [5, 5.41) is 0. The molecule has 0 N–H and O–H groups in total. The predicted molar refractivity (Wildman–Crippen MR) is 136 cm³/mol. The number of ether oxygens (including phenoxy) is 1. The molecule has 2 unspecified atom stereocenters. The van der Waals surface area contributed by atoms with Crippen molar-refractivity contribution in [1.82, 2.24) is 14.8 Å². The number of halogens is 6. The fourth-order valence-electron chi connectivity index (χ4n) is 4.91. The maximum atomic E-state index is 13.3. The summed E-state index contributed by atoms with van der Waals surface area (Å²) in [6.45, 7) is 0.572. The van der Waals surface area contributed by atoms with Crippen LogP contribution in [0.1, 0.15) is 46.7 Å². The number of pyridine rings is 1. The van der Waals surface area contributed by atoms with E-state index in [0.717, 1.165) is 11.1 Å². The summed E-state index contributed by atoms with van der Waals surface area (Å²) in [6, 6.07) is 13.9. The number of piperidine rings is 1. The van der Waals surface area contributed by atoms with Gasteiger partial charge in [-0.1, -0.05) is 36.4 Å². The molecule has 1 aliphatic rings. The van der Waals surface area contributed by atoms with Crippen LogP contribution >= 0.6 is 0 Å². The highest BCUT2D eigenvalue weighted by atomic mass is 19.4. The zero-order valence-electron chi connectivity index (χ0n) is 21.8. The molecular weight excluding hydrogens is 536 g/mol. The van der Waals surface area contributed by atoms with Crippen LogP contribution in [0.5, 0.6) is 0 Å². The second-order valence-corrected chi connectivity index (χ2v) is 9.84. The number of alkyl halides is 6. The number of aromatic nitrogens is 1. The first-order chi connectivity index (χ1) is 18.9. The third-order valence-corrected chi connectivity index (χ3v) is 6.84. The van der Waals surface area contributed by atoms with E-state index in [1.807, 2.05) is 41.3 Å². The van der Waals surface area contributed by atoms with E-state index in [4.69, 9.17) is 4.74 Å². The minimum atomic E-state index is -4.94. The smallest absolute Gasteiger partial charge is 0.372 e. The van der Waals surface area contributed by atoms with Gasteiger partial charge in [-0.05, 0) is 60.3 Å². The first kappa shape index (κ1) is 29.5. The Morgan fingerprint density at radius 2 is 1.65 bits per heavy atom. The minimum absolute atomic E-state index is 0.0674. The number of hydrogen-bond donors (Lipinski definition) is 0. The van der Waals surface area contributed by atoms with Gasteiger partial charge in [0.15, 0.2) is 0 Å². The van der Waals surface area contributed by atoms with Crippen molar-refractivity contribution < 1.29 is 35.9 Å². The van der Waals surface area contributed by atoms with Crippen LogP contribution in [0.4, 0.5) is 26.3 Å². The number of likely N-dealkylation sites (tertiary alicyclic amines) is 1. The van der Waals surface area contributed by atoms with E-state index in [9.17, 15) is 31.1 Å². The summed E-state index contributed by atoms with van der Waals surface area (Å²) in [7, 11) is 1.69. The summed E-state index contributed by atoms with van der Waals surface area (Å²) in [6.07, 6.45) is -5.94. The molecule has 1 amide bonds. The number of nitrogens with zero attached hydrogens (tertiary/aromatic N) is 3. The first-order valence-electron chi connectivity index (χ1n) is 12.7. The second-order valence-electron chi connectivity index (χ2n) is 9.84. The second kappa shape index (κ2) is 12.4. The van der Waals surface area contributed by atoms with Crippen LogP contribution in [0.3, 0.4) is 0 Å². The number of carbonyl (C=O) groups is 1. The number of rotatable bonds is 8. The maximum absolute atomic E-state index is 13.3. The maximum Gasteiger partial charge on any atom is 0.416 e. The molecule has 0 aliphatic carbocycles. The van der Waals surface area contributed by atoms with E-state index < -0.39 is 42.2 Å². The molecular formula is C29H29F6N3O2. The van der Waals surface area contributed by atoms with Crippen molar-refractivity contribution in [3.63, 3.8) is 0 Å². The molecule has 2 atom stereocenters. The predicted octanol–water partition coefficient (Wildman–Crippen LogP) is 6.50. The highest BCUT2D eigenvalue weighted by Gasteiger charge is 2.38. The average molecular weight is 566 g/mol. The van der Waals surface area contributed by atoms with Gasteiger partial charge in [0, 0.05) is 26.0 Å². The largest absolute Gasteiger partial charge is 0.416 e. The lowest BCUT2D eigenvalue weighted by Crippen LogP contribution is -2.47. The lowest BCUT2D eigenvalue weighted by Gasteiger charge is -2.41. The highest BCUT2D eigenvalue weighted by Crippen LogP contribution is 2.38. The third kappa shape index (κ3) is 7.60. The number of likely N-dealkylation sites (N-methyl/N-ethyl adjacent to an activating group) is 1. The van der Waals surface area contributed by atoms with E-state index >= 15 is 0 Å². The molecule has 2 aromatic carbocycles. The van der Waals surface area contributed by atoms with Crippen molar-refractivity contribution in [2.24, 2.45) is 0 Å². The quantitative estimate of drug-likeness (QED) is 0.293. The summed E-state index contributed by atoms with van der Waals surface area (Å²) >= 11 is 0. The van der Waals surface area contributed by atoms with Crippen molar-refractivity contribution in [2.45, 2.75) is 50.5 Å². The van der Waals surface area contributed by atoms with Crippen LogP contribution in [0.2, 0.25) is 0 Å². The zero-order valence-corrected chi connectivity index (χ0v) is 21.8. The summed E-state index contributed by atoms with van der Waals surface area (Å²) in [5.41, 5.74) is -1.27. The molecule has 4 rings (SSSR count). The fraction of sp³-hybridized carbons (Fsp3) is 0.379. The Hall–Kier alpha value is -3.44. The van der Waals surface area contributed by atoms with E-state index in [1.165, 1.54) is 0 Å². The summed E-state index contributed by atoms with van der Waals surface area (Å²) in [4.78, 5) is 20.8. The van der Waals surface area contributed by atoms with E-state index in [1.54, 1.807) is 30.4 Å². The molecule has 40 heavy (non-hydrogen) atoms. The lowest BCUT2D eigenvalue weighted by atomic mass is 9.92. The lowest BCUT2D eigenvalue weighted by molar-refractivity contribution is -0.143. The van der Waals surface area contributed by atoms with Gasteiger partial charge in [-0.25, -0.2) is 0 Å². The molecule has 0 spiro atoms. The molecule has 2 heterocycles. The average Bonchev–Trinajstić information content (AvgIpc) is 2.92. The molecule has 1 aromatic heterocycles. The molecule has 1 saturated heterocycles. The number of amides is 1. The van der Waals surface area contributed by atoms with Gasteiger partial charge in [0.1, 0.15) is 0 Å². The SMILES string of the molecule is CN(Cc1cccnc1)C(=O)CN1CCCC(OCc2cc(C(F)(F)F)cc(C(F)(F)F)c2)C1c1ccccc1. The fourth-order valence-corrected chi connectivity index (χ4v) is 4.91. The standard InChI is InChI=1S/C29H29F6N3O2/c1-37(17-20-7-5-11-36-16-20)26(39)18-38-12-6-10-25(27(38)22-8-3-2-4-9-22)40-19-21-13-23(28(30,31)32)15-24(14-21)29(33,34)35/h2-5,7-9,11,13-16,25,27H,6,10,12,17-19H2,1H3. The van der Waals surface area contributed by atoms with Gasteiger partial charge >= 0.3 is 12.4 Å². The van der Waals surface area contributed by atoms with Crippen LogP contribution in [0.15, 0.2) is 73.1 Å². The molecule has 1 aliphatic heterocycles. The van der Waals surface area contributed by atoms with Crippen molar-refractivity contribution in [3.8, 4) is 0 Å². The van der Waals surface area contributed by atoms with Gasteiger partial charge in [0.05, 0.1) is 36.4 Å². The topological polar surface area (TPSA) is 45.7 Å². The van der Waals surface area contributed by atoms with Crippen LogP contribution in [0.25, 0.3) is 0 Å². The zero-order chi connectivity index (χ0) is 28.9. The van der Waals surface area contributed by atoms with E-state index in [2.05, 4.69) is 4.98 Å². The van der Waals surface area contributed by atoms with Gasteiger partial charge in [0.25, 0.3) is 0 Å². The van der Waals surface area contributed by atoms with Crippen LogP contribution in [0, 0.1) is 0 Å². The highest BCUT2D eigenvalue weighted by molar-refractivity contribution is 5.78. The van der Waals surface area contributed by atoms with Gasteiger partial charge in [-0.2, -0.15) is 26.3 Å². The van der Waals surface area contributed by atoms with Crippen molar-refractivity contribution in [3.05, 3.63) is 101 Å². The van der Waals surface area contributed by atoms with Crippen LogP contribution in [-0.4, -0.2) is 46.9 Å². The molecule has 0 radical (unpaired) electrons. The van der Waals surface area contributed by atoms with Gasteiger partial charge < -0.3 is 9.64 Å². The Morgan fingerprint density at radius 3 is 2.25 bits per heavy atom.